The third-order valence-electron chi connectivity index (χ3n) is 3.91. The lowest BCUT2D eigenvalue weighted by atomic mass is 9.92. The molecule has 4 heteroatoms. The summed E-state index contributed by atoms with van der Waals surface area (Å²) >= 11 is 1.61. The number of ether oxygens (including phenoxy) is 1. The summed E-state index contributed by atoms with van der Waals surface area (Å²) < 4.78 is 6.06. The summed E-state index contributed by atoms with van der Waals surface area (Å²) in [4.78, 5) is 0. The Morgan fingerprint density at radius 3 is 2.63 bits per heavy atom. The Morgan fingerprint density at radius 2 is 2.16 bits per heavy atom. The molecular formula is C15H25NO2S. The van der Waals surface area contributed by atoms with E-state index in [0.29, 0.717) is 6.54 Å². The molecule has 0 aliphatic carbocycles. The normalized spacial score (nSPS) is 28.2. The van der Waals surface area contributed by atoms with Gasteiger partial charge in [-0.05, 0) is 63.4 Å². The van der Waals surface area contributed by atoms with E-state index in [-0.39, 0.29) is 17.2 Å². The zero-order valence-electron chi connectivity index (χ0n) is 12.5. The van der Waals surface area contributed by atoms with Crippen LogP contribution in [0.1, 0.15) is 46.6 Å². The molecule has 2 atom stereocenters. The molecule has 1 aliphatic heterocycles. The summed E-state index contributed by atoms with van der Waals surface area (Å²) in [6.45, 7) is 10.9. The number of thiophene rings is 1. The highest BCUT2D eigenvalue weighted by atomic mass is 32.1. The lowest BCUT2D eigenvalue weighted by Gasteiger charge is -2.31. The second-order valence-electron chi connectivity index (χ2n) is 6.89. The summed E-state index contributed by atoms with van der Waals surface area (Å²) in [5.74, 6) is 0. The number of nitrogens with one attached hydrogen (secondary N) is 1. The Hall–Kier alpha value is -0.420. The zero-order valence-corrected chi connectivity index (χ0v) is 13.3. The van der Waals surface area contributed by atoms with Crippen LogP contribution in [0.25, 0.3) is 0 Å². The molecule has 1 saturated heterocycles. The molecule has 0 bridgehead atoms. The second-order valence-corrected chi connectivity index (χ2v) is 7.67. The fraction of sp³-hybridized carbons (Fsp3) is 0.733. The molecule has 1 aromatic rings. The maximum Gasteiger partial charge on any atom is 0.1000 e. The molecule has 2 heterocycles. The van der Waals surface area contributed by atoms with Gasteiger partial charge in [-0.1, -0.05) is 0 Å². The van der Waals surface area contributed by atoms with Crippen molar-refractivity contribution in [3.8, 4) is 0 Å². The molecule has 1 aromatic heterocycles. The second kappa shape index (κ2) is 4.85. The smallest absolute Gasteiger partial charge is 0.1000 e. The quantitative estimate of drug-likeness (QED) is 0.893. The van der Waals surface area contributed by atoms with Crippen LogP contribution in [0.15, 0.2) is 16.8 Å². The first kappa shape index (κ1) is 15.0. The summed E-state index contributed by atoms with van der Waals surface area (Å²) in [5, 5.41) is 18.0. The van der Waals surface area contributed by atoms with E-state index < -0.39 is 5.60 Å². The Bertz CT molecular complexity index is 423. The van der Waals surface area contributed by atoms with Crippen molar-refractivity contribution in [3.63, 3.8) is 0 Å². The molecule has 108 valence electrons. The number of hydrogen-bond donors (Lipinski definition) is 2. The number of rotatable bonds is 4. The summed E-state index contributed by atoms with van der Waals surface area (Å²) in [5.41, 5.74) is -0.159. The molecular weight excluding hydrogens is 258 g/mol. The van der Waals surface area contributed by atoms with Crippen molar-refractivity contribution < 1.29 is 9.84 Å². The topological polar surface area (TPSA) is 41.5 Å². The van der Waals surface area contributed by atoms with Crippen LogP contribution in [0.2, 0.25) is 0 Å². The summed E-state index contributed by atoms with van der Waals surface area (Å²) in [6, 6.07) is 2.24. The molecule has 0 saturated carbocycles. The molecule has 2 N–H and O–H groups in total. The van der Waals surface area contributed by atoms with E-state index in [1.165, 1.54) is 0 Å². The van der Waals surface area contributed by atoms with Crippen molar-refractivity contribution in [1.82, 2.24) is 5.32 Å². The van der Waals surface area contributed by atoms with Gasteiger partial charge in [0, 0.05) is 12.6 Å². The van der Waals surface area contributed by atoms with E-state index in [1.807, 2.05) is 23.8 Å². The molecule has 19 heavy (non-hydrogen) atoms. The fourth-order valence-corrected chi connectivity index (χ4v) is 3.66. The zero-order chi connectivity index (χ0) is 14.3. The average Bonchev–Trinajstić information content (AvgIpc) is 2.81. The van der Waals surface area contributed by atoms with Gasteiger partial charge < -0.3 is 15.2 Å². The molecule has 1 aliphatic rings. The molecule has 0 spiro atoms. The van der Waals surface area contributed by atoms with Gasteiger partial charge in [-0.2, -0.15) is 11.3 Å². The van der Waals surface area contributed by atoms with Crippen LogP contribution < -0.4 is 5.32 Å². The van der Waals surface area contributed by atoms with Crippen LogP contribution in [-0.2, 0) is 10.3 Å². The third kappa shape index (κ3) is 3.37. The molecule has 0 radical (unpaired) electrons. The van der Waals surface area contributed by atoms with Crippen LogP contribution in [-0.4, -0.2) is 28.9 Å². The van der Waals surface area contributed by atoms with Crippen molar-refractivity contribution >= 4 is 11.3 Å². The van der Waals surface area contributed by atoms with Gasteiger partial charge >= 0.3 is 0 Å². The lowest BCUT2D eigenvalue weighted by molar-refractivity contribution is -0.0710. The SMILES string of the molecule is CC1(C)CC(NCC(C)(O)c2ccsc2)C(C)(C)O1. The Kier molecular flexibility index (Phi) is 3.82. The average molecular weight is 283 g/mol. The largest absolute Gasteiger partial charge is 0.384 e. The molecule has 1 fully saturated rings. The highest BCUT2D eigenvalue weighted by molar-refractivity contribution is 7.08. The maximum atomic E-state index is 10.5. The maximum absolute atomic E-state index is 10.5. The highest BCUT2D eigenvalue weighted by Gasteiger charge is 2.46. The molecule has 3 nitrogen and oxygen atoms in total. The van der Waals surface area contributed by atoms with Gasteiger partial charge in [-0.15, -0.1) is 0 Å². The number of hydrogen-bond acceptors (Lipinski definition) is 4. The fourth-order valence-electron chi connectivity index (χ4n) is 2.88. The van der Waals surface area contributed by atoms with Crippen LogP contribution in [0.4, 0.5) is 0 Å². The van der Waals surface area contributed by atoms with Crippen LogP contribution >= 0.6 is 11.3 Å². The Labute approximate surface area is 120 Å². The Morgan fingerprint density at radius 1 is 1.47 bits per heavy atom. The van der Waals surface area contributed by atoms with Gasteiger partial charge in [0.25, 0.3) is 0 Å². The van der Waals surface area contributed by atoms with Gasteiger partial charge in [-0.25, -0.2) is 0 Å². The molecule has 2 unspecified atom stereocenters. The van der Waals surface area contributed by atoms with Crippen LogP contribution in [0, 0.1) is 0 Å². The van der Waals surface area contributed by atoms with E-state index in [4.69, 9.17) is 4.74 Å². The first-order valence-electron chi connectivity index (χ1n) is 6.81. The molecule has 0 aromatic carbocycles. The van der Waals surface area contributed by atoms with Crippen molar-refractivity contribution in [3.05, 3.63) is 22.4 Å². The van der Waals surface area contributed by atoms with Gasteiger partial charge in [0.1, 0.15) is 0 Å². The first-order chi connectivity index (χ1) is 8.62. The van der Waals surface area contributed by atoms with E-state index >= 15 is 0 Å². The van der Waals surface area contributed by atoms with E-state index in [1.54, 1.807) is 11.3 Å². The minimum Gasteiger partial charge on any atom is -0.384 e. The number of aliphatic hydroxyl groups is 1. The van der Waals surface area contributed by atoms with Crippen LogP contribution in [0.3, 0.4) is 0 Å². The predicted octanol–water partition coefficient (Wildman–Crippen LogP) is 2.89. The first-order valence-corrected chi connectivity index (χ1v) is 7.75. The predicted molar refractivity (Wildman–Crippen MR) is 79.5 cm³/mol. The van der Waals surface area contributed by atoms with Crippen molar-refractivity contribution in [2.45, 2.75) is 63.9 Å². The van der Waals surface area contributed by atoms with Crippen LogP contribution in [0.5, 0.6) is 0 Å². The van der Waals surface area contributed by atoms with Gasteiger partial charge in [0.15, 0.2) is 0 Å². The third-order valence-corrected chi connectivity index (χ3v) is 4.59. The Balaban J connectivity index is 1.99. The van der Waals surface area contributed by atoms with Gasteiger partial charge in [0.05, 0.1) is 16.8 Å². The van der Waals surface area contributed by atoms with E-state index in [9.17, 15) is 5.11 Å². The molecule has 2 rings (SSSR count). The monoisotopic (exact) mass is 283 g/mol. The minimum atomic E-state index is -0.831. The minimum absolute atomic E-state index is 0.102. The van der Waals surface area contributed by atoms with Crippen molar-refractivity contribution in [1.29, 1.82) is 0 Å². The van der Waals surface area contributed by atoms with E-state index in [2.05, 4.69) is 33.0 Å². The van der Waals surface area contributed by atoms with Gasteiger partial charge in [0.2, 0.25) is 0 Å². The van der Waals surface area contributed by atoms with Crippen molar-refractivity contribution in [2.75, 3.05) is 6.54 Å². The van der Waals surface area contributed by atoms with Crippen molar-refractivity contribution in [2.24, 2.45) is 0 Å². The standard InChI is InChI=1S/C15H25NO2S/c1-13(2)8-12(14(3,4)18-13)16-10-15(5,17)11-6-7-19-9-11/h6-7,9,12,16-17H,8,10H2,1-5H3. The highest BCUT2D eigenvalue weighted by Crippen LogP contribution is 2.37. The summed E-state index contributed by atoms with van der Waals surface area (Å²) in [7, 11) is 0. The van der Waals surface area contributed by atoms with Gasteiger partial charge in [-0.3, -0.25) is 0 Å². The summed E-state index contributed by atoms with van der Waals surface area (Å²) in [6.07, 6.45) is 0.958. The molecule has 0 amide bonds. The lowest BCUT2D eigenvalue weighted by Crippen LogP contribution is -2.48. The van der Waals surface area contributed by atoms with E-state index in [0.717, 1.165) is 12.0 Å².